The van der Waals surface area contributed by atoms with Crippen LogP contribution >= 0.6 is 0 Å². The van der Waals surface area contributed by atoms with Crippen molar-refractivity contribution in [3.05, 3.63) is 108 Å². The highest BCUT2D eigenvalue weighted by Crippen LogP contribution is 2.36. The smallest absolute Gasteiger partial charge is 0.322 e. The van der Waals surface area contributed by atoms with Crippen LogP contribution in [0.15, 0.2) is 91.0 Å². The summed E-state index contributed by atoms with van der Waals surface area (Å²) in [6.07, 6.45) is -2.06. The summed E-state index contributed by atoms with van der Waals surface area (Å²) in [5.41, 5.74) is 5.69. The second kappa shape index (κ2) is 16.3. The SMILES string of the molecule is COC(=O)[C@@H](CC(=O)OCc1ccccc1)CC(F)(F)c1ccccc1.COC(=O)[C@@H](N)CC(F)(F)c1ccccc1. The van der Waals surface area contributed by atoms with Gasteiger partial charge in [0, 0.05) is 24.0 Å². The van der Waals surface area contributed by atoms with Crippen molar-refractivity contribution in [3.8, 4) is 0 Å². The highest BCUT2D eigenvalue weighted by Gasteiger charge is 2.39. The molecule has 0 aromatic heterocycles. The fourth-order valence-electron chi connectivity index (χ4n) is 3.82. The molecule has 2 atom stereocenters. The number of hydrogen-bond acceptors (Lipinski definition) is 7. The number of methoxy groups -OCH3 is 2. The van der Waals surface area contributed by atoms with E-state index in [2.05, 4.69) is 9.47 Å². The molecule has 7 nitrogen and oxygen atoms in total. The highest BCUT2D eigenvalue weighted by atomic mass is 19.3. The summed E-state index contributed by atoms with van der Waals surface area (Å²) >= 11 is 0. The average Bonchev–Trinajstić information content (AvgIpc) is 3.00. The minimum Gasteiger partial charge on any atom is -0.469 e. The van der Waals surface area contributed by atoms with Crippen LogP contribution in [0.5, 0.6) is 0 Å². The van der Waals surface area contributed by atoms with E-state index in [4.69, 9.17) is 10.5 Å². The third kappa shape index (κ3) is 11.0. The van der Waals surface area contributed by atoms with Crippen molar-refractivity contribution in [2.45, 2.75) is 43.8 Å². The number of halogens is 4. The van der Waals surface area contributed by atoms with Crippen LogP contribution in [0.4, 0.5) is 17.6 Å². The maximum absolute atomic E-state index is 14.4. The zero-order valence-electron chi connectivity index (χ0n) is 23.2. The maximum Gasteiger partial charge on any atom is 0.322 e. The number of esters is 3. The number of carbonyl (C=O) groups excluding carboxylic acids is 3. The van der Waals surface area contributed by atoms with Gasteiger partial charge in [-0.1, -0.05) is 91.0 Å². The number of ether oxygens (including phenoxy) is 3. The standard InChI is InChI=1S/C20H20F2O4.C11H13F2NO2/c1-25-19(24)16(13-20(21,22)17-10-6-3-7-11-17)12-18(23)26-14-15-8-4-2-5-9-15;1-16-10(15)9(14)7-11(12,13)8-5-3-2-4-6-8/h2-11,16H,12-14H2,1H3;2-6,9H,7,14H2,1H3/t16-;9-/m00/s1. The molecule has 0 radical (unpaired) electrons. The van der Waals surface area contributed by atoms with E-state index in [0.717, 1.165) is 19.8 Å². The quantitative estimate of drug-likeness (QED) is 0.162. The normalized spacial score (nSPS) is 12.6. The Hall–Kier alpha value is -4.25. The topological polar surface area (TPSA) is 105 Å². The molecule has 0 heterocycles. The molecule has 0 saturated heterocycles. The van der Waals surface area contributed by atoms with Crippen LogP contribution in [-0.4, -0.2) is 38.2 Å². The van der Waals surface area contributed by atoms with E-state index in [1.807, 2.05) is 6.07 Å². The molecule has 0 fully saturated rings. The predicted octanol–water partition coefficient (Wildman–Crippen LogP) is 5.76. The van der Waals surface area contributed by atoms with Crippen molar-refractivity contribution in [2.75, 3.05) is 14.2 Å². The van der Waals surface area contributed by atoms with E-state index >= 15 is 0 Å². The largest absolute Gasteiger partial charge is 0.469 e. The van der Waals surface area contributed by atoms with Crippen LogP contribution in [0.3, 0.4) is 0 Å². The van der Waals surface area contributed by atoms with Gasteiger partial charge in [0.1, 0.15) is 12.6 Å². The monoisotopic (exact) mass is 591 g/mol. The number of hydrogen-bond donors (Lipinski definition) is 1. The van der Waals surface area contributed by atoms with Gasteiger partial charge in [-0.15, -0.1) is 0 Å². The van der Waals surface area contributed by atoms with E-state index in [1.54, 1.807) is 36.4 Å². The van der Waals surface area contributed by atoms with Crippen LogP contribution in [0, 0.1) is 5.92 Å². The van der Waals surface area contributed by atoms with Crippen LogP contribution in [-0.2, 0) is 47.0 Å². The summed E-state index contributed by atoms with van der Waals surface area (Å²) in [6.45, 7) is 0.0165. The van der Waals surface area contributed by atoms with Crippen molar-refractivity contribution in [1.82, 2.24) is 0 Å². The minimum absolute atomic E-state index is 0.0165. The molecule has 0 spiro atoms. The lowest BCUT2D eigenvalue weighted by atomic mass is 9.93. The molecule has 0 bridgehead atoms. The lowest BCUT2D eigenvalue weighted by Crippen LogP contribution is -2.36. The van der Waals surface area contributed by atoms with Gasteiger partial charge in [-0.2, -0.15) is 0 Å². The van der Waals surface area contributed by atoms with Crippen LogP contribution in [0.2, 0.25) is 0 Å². The van der Waals surface area contributed by atoms with Gasteiger partial charge in [-0.05, 0) is 5.56 Å². The second-order valence-electron chi connectivity index (χ2n) is 9.25. The Morgan fingerprint density at radius 1 is 0.690 bits per heavy atom. The first-order valence-electron chi connectivity index (χ1n) is 12.9. The van der Waals surface area contributed by atoms with Crippen LogP contribution in [0.1, 0.15) is 36.0 Å². The second-order valence-corrected chi connectivity index (χ2v) is 9.25. The van der Waals surface area contributed by atoms with Crippen molar-refractivity contribution in [3.63, 3.8) is 0 Å². The molecule has 11 heteroatoms. The molecule has 3 rings (SSSR count). The van der Waals surface area contributed by atoms with E-state index in [-0.39, 0.29) is 17.7 Å². The first-order valence-corrected chi connectivity index (χ1v) is 12.9. The fraction of sp³-hybridized carbons (Fsp3) is 0.323. The molecule has 0 unspecified atom stereocenters. The molecule has 226 valence electrons. The Bertz CT molecular complexity index is 1260. The summed E-state index contributed by atoms with van der Waals surface area (Å²) in [5.74, 6) is -10.1. The van der Waals surface area contributed by atoms with Crippen molar-refractivity contribution in [1.29, 1.82) is 0 Å². The average molecular weight is 592 g/mol. The Kier molecular flexibility index (Phi) is 13.1. The number of alkyl halides is 4. The molecular formula is C31H33F4NO6. The molecule has 0 amide bonds. The number of rotatable bonds is 12. The Labute approximate surface area is 241 Å². The maximum atomic E-state index is 14.4. The summed E-state index contributed by atoms with van der Waals surface area (Å²) in [6, 6.07) is 22.0. The molecule has 42 heavy (non-hydrogen) atoms. The lowest BCUT2D eigenvalue weighted by Gasteiger charge is -2.21. The van der Waals surface area contributed by atoms with Gasteiger partial charge in [0.15, 0.2) is 0 Å². The van der Waals surface area contributed by atoms with Gasteiger partial charge in [0.2, 0.25) is 0 Å². The molecule has 0 saturated carbocycles. The van der Waals surface area contributed by atoms with Gasteiger partial charge in [0.05, 0.1) is 26.6 Å². The van der Waals surface area contributed by atoms with Gasteiger partial charge in [0.25, 0.3) is 11.8 Å². The molecular weight excluding hydrogens is 558 g/mol. The summed E-state index contributed by atoms with van der Waals surface area (Å²) in [4.78, 5) is 34.8. The van der Waals surface area contributed by atoms with Crippen molar-refractivity contribution >= 4 is 17.9 Å². The van der Waals surface area contributed by atoms with Gasteiger partial charge >= 0.3 is 17.9 Å². The minimum atomic E-state index is -3.26. The third-order valence-corrected chi connectivity index (χ3v) is 6.07. The summed E-state index contributed by atoms with van der Waals surface area (Å²) < 4.78 is 70.1. The van der Waals surface area contributed by atoms with E-state index < -0.39 is 61.0 Å². The molecule has 3 aromatic carbocycles. The van der Waals surface area contributed by atoms with Gasteiger partial charge < -0.3 is 19.9 Å². The number of nitrogens with two attached hydrogens (primary N) is 1. The molecule has 2 N–H and O–H groups in total. The van der Waals surface area contributed by atoms with E-state index in [1.165, 1.54) is 48.5 Å². The molecule has 0 aliphatic carbocycles. The summed E-state index contributed by atoms with van der Waals surface area (Å²) in [5, 5.41) is 0. The van der Waals surface area contributed by atoms with Crippen LogP contribution in [0.25, 0.3) is 0 Å². The van der Waals surface area contributed by atoms with E-state index in [9.17, 15) is 31.9 Å². The fourth-order valence-corrected chi connectivity index (χ4v) is 3.82. The van der Waals surface area contributed by atoms with Gasteiger partial charge in [-0.3, -0.25) is 14.4 Å². The Morgan fingerprint density at radius 3 is 1.57 bits per heavy atom. The Morgan fingerprint density at radius 2 is 1.12 bits per heavy atom. The first kappa shape index (κ1) is 34.0. The zero-order valence-corrected chi connectivity index (χ0v) is 23.2. The zero-order chi connectivity index (χ0) is 31.2. The predicted molar refractivity (Wildman–Crippen MR) is 146 cm³/mol. The lowest BCUT2D eigenvalue weighted by molar-refractivity contribution is -0.157. The molecule has 0 aliphatic rings. The molecule has 0 aliphatic heterocycles. The first-order chi connectivity index (χ1) is 19.9. The molecule has 3 aromatic rings. The summed E-state index contributed by atoms with van der Waals surface area (Å²) in [7, 11) is 2.22. The number of carbonyl (C=O) groups is 3. The number of benzene rings is 3. The van der Waals surface area contributed by atoms with E-state index in [0.29, 0.717) is 0 Å². The van der Waals surface area contributed by atoms with Crippen molar-refractivity contribution in [2.24, 2.45) is 11.7 Å². The van der Waals surface area contributed by atoms with Crippen molar-refractivity contribution < 1.29 is 46.2 Å². The Balaban J connectivity index is 0.000000330. The highest BCUT2D eigenvalue weighted by molar-refractivity contribution is 5.80. The van der Waals surface area contributed by atoms with Gasteiger partial charge in [-0.25, -0.2) is 17.6 Å². The van der Waals surface area contributed by atoms with Crippen LogP contribution < -0.4 is 5.73 Å². The third-order valence-electron chi connectivity index (χ3n) is 6.07.